The quantitative estimate of drug-likeness (QED) is 0.427. The van der Waals surface area contributed by atoms with Crippen LogP contribution in [0, 0.1) is 0 Å². The van der Waals surface area contributed by atoms with Crippen molar-refractivity contribution in [3.05, 3.63) is 46.9 Å². The maximum absolute atomic E-state index is 5.76. The van der Waals surface area contributed by atoms with Gasteiger partial charge in [-0.1, -0.05) is 27.7 Å². The summed E-state index contributed by atoms with van der Waals surface area (Å²) in [5.74, 6) is 2.53. The van der Waals surface area contributed by atoms with Gasteiger partial charge in [0.2, 0.25) is 0 Å². The lowest BCUT2D eigenvalue weighted by atomic mass is 10.3. The number of imidazole rings is 1. The third kappa shape index (κ3) is 4.68. The zero-order valence-electron chi connectivity index (χ0n) is 13.6. The summed E-state index contributed by atoms with van der Waals surface area (Å²) in [6, 6.07) is 13.7. The van der Waals surface area contributed by atoms with Crippen molar-refractivity contribution in [1.29, 1.82) is 0 Å². The maximum atomic E-state index is 5.76. The van der Waals surface area contributed by atoms with Crippen molar-refractivity contribution >= 4 is 38.7 Å². The summed E-state index contributed by atoms with van der Waals surface area (Å²) in [7, 11) is 0. The van der Waals surface area contributed by atoms with Crippen LogP contribution in [-0.4, -0.2) is 28.4 Å². The van der Waals surface area contributed by atoms with E-state index in [2.05, 4.69) is 25.9 Å². The Morgan fingerprint density at radius 3 is 2.62 bits per heavy atom. The molecule has 3 aromatic rings. The van der Waals surface area contributed by atoms with Crippen LogP contribution in [0.15, 0.2) is 52.1 Å². The van der Waals surface area contributed by atoms with Gasteiger partial charge in [0.05, 0.1) is 23.7 Å². The SMILES string of the molecule is CC(C)Oc1ccc(OCCSc2nc3ccc(Br)cc3[nH]2)cc1. The summed E-state index contributed by atoms with van der Waals surface area (Å²) < 4.78 is 12.4. The number of nitrogens with zero attached hydrogens (tertiary/aromatic N) is 1. The van der Waals surface area contributed by atoms with Gasteiger partial charge in [0.25, 0.3) is 0 Å². The number of rotatable bonds is 7. The van der Waals surface area contributed by atoms with Crippen LogP contribution in [0.4, 0.5) is 0 Å². The van der Waals surface area contributed by atoms with Gasteiger partial charge >= 0.3 is 0 Å². The van der Waals surface area contributed by atoms with Crippen LogP contribution in [0.3, 0.4) is 0 Å². The molecule has 0 aliphatic heterocycles. The highest BCUT2D eigenvalue weighted by Gasteiger charge is 2.04. The van der Waals surface area contributed by atoms with E-state index in [-0.39, 0.29) is 6.10 Å². The molecule has 24 heavy (non-hydrogen) atoms. The Balaban J connectivity index is 1.47. The Morgan fingerprint density at radius 2 is 1.88 bits per heavy atom. The third-order valence-corrected chi connectivity index (χ3v) is 4.54. The molecule has 0 saturated carbocycles. The number of hydrogen-bond donors (Lipinski definition) is 1. The summed E-state index contributed by atoms with van der Waals surface area (Å²) in [5.41, 5.74) is 2.01. The van der Waals surface area contributed by atoms with Gasteiger partial charge in [-0.05, 0) is 56.3 Å². The molecular weight excluding hydrogens is 388 g/mol. The van der Waals surface area contributed by atoms with Crippen molar-refractivity contribution in [2.75, 3.05) is 12.4 Å². The fourth-order valence-electron chi connectivity index (χ4n) is 2.21. The molecule has 4 nitrogen and oxygen atoms in total. The fraction of sp³-hybridized carbons (Fsp3) is 0.278. The molecule has 0 bridgehead atoms. The van der Waals surface area contributed by atoms with E-state index < -0.39 is 0 Å². The van der Waals surface area contributed by atoms with Crippen LogP contribution in [-0.2, 0) is 0 Å². The number of halogens is 1. The van der Waals surface area contributed by atoms with E-state index in [0.717, 1.165) is 37.9 Å². The van der Waals surface area contributed by atoms with Crippen LogP contribution in [0.25, 0.3) is 11.0 Å². The summed E-state index contributed by atoms with van der Waals surface area (Å²) in [6.07, 6.45) is 0.178. The molecule has 126 valence electrons. The predicted octanol–water partition coefficient (Wildman–Crippen LogP) is 5.28. The van der Waals surface area contributed by atoms with Gasteiger partial charge in [-0.25, -0.2) is 4.98 Å². The number of thioether (sulfide) groups is 1. The Bertz CT molecular complexity index is 802. The van der Waals surface area contributed by atoms with Crippen LogP contribution in [0.2, 0.25) is 0 Å². The molecule has 0 fully saturated rings. The first-order valence-corrected chi connectivity index (χ1v) is 9.55. The van der Waals surface area contributed by atoms with Gasteiger partial charge in [0, 0.05) is 10.2 Å². The molecule has 1 N–H and O–H groups in total. The Kier molecular flexibility index (Phi) is 5.68. The molecule has 0 aliphatic rings. The van der Waals surface area contributed by atoms with Gasteiger partial charge in [0.15, 0.2) is 5.16 Å². The molecule has 0 aliphatic carbocycles. The van der Waals surface area contributed by atoms with E-state index in [4.69, 9.17) is 9.47 Å². The second-order valence-electron chi connectivity index (χ2n) is 5.54. The van der Waals surface area contributed by atoms with E-state index in [1.54, 1.807) is 11.8 Å². The number of fused-ring (bicyclic) bond motifs is 1. The molecular formula is C18H19BrN2O2S. The number of nitrogens with one attached hydrogen (secondary N) is 1. The van der Waals surface area contributed by atoms with E-state index in [9.17, 15) is 0 Å². The van der Waals surface area contributed by atoms with Crippen molar-refractivity contribution in [3.8, 4) is 11.5 Å². The van der Waals surface area contributed by atoms with Gasteiger partial charge in [-0.3, -0.25) is 0 Å². The van der Waals surface area contributed by atoms with E-state index in [0.29, 0.717) is 6.61 Å². The molecule has 1 aromatic heterocycles. The predicted molar refractivity (Wildman–Crippen MR) is 102 cm³/mol. The number of H-pyrrole nitrogens is 1. The van der Waals surface area contributed by atoms with Crippen molar-refractivity contribution in [3.63, 3.8) is 0 Å². The number of hydrogen-bond acceptors (Lipinski definition) is 4. The lowest BCUT2D eigenvalue weighted by molar-refractivity contribution is 0.242. The Labute approximate surface area is 154 Å². The lowest BCUT2D eigenvalue weighted by Gasteiger charge is -2.10. The first kappa shape index (κ1) is 17.2. The average Bonchev–Trinajstić information content (AvgIpc) is 2.94. The standard InChI is InChI=1S/C18H19BrN2O2S/c1-12(2)23-15-6-4-14(5-7-15)22-9-10-24-18-20-16-8-3-13(19)11-17(16)21-18/h3-8,11-12H,9-10H2,1-2H3,(H,20,21). The highest BCUT2D eigenvalue weighted by Crippen LogP contribution is 2.23. The molecule has 0 atom stereocenters. The minimum atomic E-state index is 0.178. The molecule has 0 spiro atoms. The first-order chi connectivity index (χ1) is 11.6. The van der Waals surface area contributed by atoms with Crippen LogP contribution < -0.4 is 9.47 Å². The molecule has 0 saturated heterocycles. The summed E-state index contributed by atoms with van der Waals surface area (Å²) in [4.78, 5) is 7.86. The topological polar surface area (TPSA) is 47.1 Å². The van der Waals surface area contributed by atoms with Crippen molar-refractivity contribution < 1.29 is 9.47 Å². The van der Waals surface area contributed by atoms with Crippen molar-refractivity contribution in [2.45, 2.75) is 25.1 Å². The highest BCUT2D eigenvalue weighted by molar-refractivity contribution is 9.10. The third-order valence-electron chi connectivity index (χ3n) is 3.21. The summed E-state index contributed by atoms with van der Waals surface area (Å²) in [5, 5.41) is 0.910. The second-order valence-corrected chi connectivity index (χ2v) is 7.54. The minimum absolute atomic E-state index is 0.178. The average molecular weight is 407 g/mol. The molecule has 1 heterocycles. The lowest BCUT2D eigenvalue weighted by Crippen LogP contribution is -2.05. The maximum Gasteiger partial charge on any atom is 0.166 e. The minimum Gasteiger partial charge on any atom is -0.493 e. The Hall–Kier alpha value is -1.66. The van der Waals surface area contributed by atoms with Crippen LogP contribution >= 0.6 is 27.7 Å². The zero-order chi connectivity index (χ0) is 16.9. The van der Waals surface area contributed by atoms with E-state index >= 15 is 0 Å². The molecule has 0 radical (unpaired) electrons. The highest BCUT2D eigenvalue weighted by atomic mass is 79.9. The summed E-state index contributed by atoms with van der Waals surface area (Å²) in [6.45, 7) is 4.65. The van der Waals surface area contributed by atoms with Gasteiger partial charge in [0.1, 0.15) is 11.5 Å². The molecule has 3 rings (SSSR count). The van der Waals surface area contributed by atoms with Crippen molar-refractivity contribution in [1.82, 2.24) is 9.97 Å². The largest absolute Gasteiger partial charge is 0.493 e. The second kappa shape index (κ2) is 7.94. The molecule has 0 unspecified atom stereocenters. The van der Waals surface area contributed by atoms with E-state index in [1.807, 2.05) is 56.3 Å². The number of benzene rings is 2. The Morgan fingerprint density at radius 1 is 1.12 bits per heavy atom. The van der Waals surface area contributed by atoms with Crippen LogP contribution in [0.1, 0.15) is 13.8 Å². The van der Waals surface area contributed by atoms with E-state index in [1.165, 1.54) is 0 Å². The molecule has 6 heteroatoms. The first-order valence-electron chi connectivity index (χ1n) is 7.78. The summed E-state index contributed by atoms with van der Waals surface area (Å²) >= 11 is 5.12. The monoisotopic (exact) mass is 406 g/mol. The van der Waals surface area contributed by atoms with Gasteiger partial charge in [-0.2, -0.15) is 0 Å². The van der Waals surface area contributed by atoms with Gasteiger partial charge < -0.3 is 14.5 Å². The van der Waals surface area contributed by atoms with Crippen LogP contribution in [0.5, 0.6) is 11.5 Å². The van der Waals surface area contributed by atoms with Gasteiger partial charge in [-0.15, -0.1) is 0 Å². The smallest absolute Gasteiger partial charge is 0.166 e. The fourth-order valence-corrected chi connectivity index (χ4v) is 3.28. The number of ether oxygens (including phenoxy) is 2. The molecule has 0 amide bonds. The zero-order valence-corrected chi connectivity index (χ0v) is 16.0. The number of aromatic nitrogens is 2. The normalized spacial score (nSPS) is 11.2. The van der Waals surface area contributed by atoms with Crippen molar-refractivity contribution in [2.24, 2.45) is 0 Å². The number of aromatic amines is 1. The molecule has 2 aromatic carbocycles.